The molecular weight excluding hydrogens is 434 g/mol. The summed E-state index contributed by atoms with van der Waals surface area (Å²) in [4.78, 5) is 45.0. The van der Waals surface area contributed by atoms with Crippen LogP contribution in [0, 0.1) is 11.8 Å². The van der Waals surface area contributed by atoms with Crippen molar-refractivity contribution in [1.29, 1.82) is 0 Å². The largest absolute Gasteiger partial charge is 0.454 e. The predicted octanol–water partition coefficient (Wildman–Crippen LogP) is 2.40. The van der Waals surface area contributed by atoms with Crippen molar-refractivity contribution >= 4 is 23.4 Å². The summed E-state index contributed by atoms with van der Waals surface area (Å²) in [6.07, 6.45) is 2.51. The van der Waals surface area contributed by atoms with Gasteiger partial charge >= 0.3 is 0 Å². The van der Waals surface area contributed by atoms with Crippen molar-refractivity contribution in [3.63, 3.8) is 0 Å². The van der Waals surface area contributed by atoms with Crippen LogP contribution in [0.1, 0.15) is 36.5 Å². The highest BCUT2D eigenvalue weighted by Crippen LogP contribution is 2.60. The maximum absolute atomic E-state index is 14.0. The zero-order chi connectivity index (χ0) is 23.2. The molecule has 34 heavy (non-hydrogen) atoms. The molecule has 0 saturated carbocycles. The average Bonchev–Trinajstić information content (AvgIpc) is 3.63. The normalized spacial score (nSPS) is 30.8. The van der Waals surface area contributed by atoms with Gasteiger partial charge in [0.25, 0.3) is 0 Å². The molecule has 3 fully saturated rings. The molecule has 4 atom stereocenters. The van der Waals surface area contributed by atoms with Gasteiger partial charge in [-0.15, -0.1) is 0 Å². The number of likely N-dealkylation sites (tertiary alicyclic amines) is 1. The number of anilines is 1. The van der Waals surface area contributed by atoms with E-state index >= 15 is 0 Å². The molecule has 1 N–H and O–H groups in total. The molecular formula is C26H25N3O5. The number of fused-ring (bicyclic) bond motifs is 8. The van der Waals surface area contributed by atoms with Crippen LogP contribution in [-0.4, -0.2) is 46.9 Å². The molecule has 5 aliphatic heterocycles. The zero-order valence-electron chi connectivity index (χ0n) is 18.9. The number of nitrogens with one attached hydrogen (secondary N) is 1. The molecule has 0 aliphatic carbocycles. The third-order valence-electron chi connectivity index (χ3n) is 8.36. The molecule has 5 heterocycles. The molecule has 3 saturated heterocycles. The summed E-state index contributed by atoms with van der Waals surface area (Å²) in [7, 11) is 0. The van der Waals surface area contributed by atoms with E-state index in [1.807, 2.05) is 30.3 Å². The summed E-state index contributed by atoms with van der Waals surface area (Å²) in [6, 6.07) is 11.3. The Kier molecular flexibility index (Phi) is 4.02. The zero-order valence-corrected chi connectivity index (χ0v) is 18.9. The number of hydrogen-bond acceptors (Lipinski definition) is 6. The van der Waals surface area contributed by atoms with Crippen molar-refractivity contribution in [2.75, 3.05) is 18.7 Å². The fourth-order valence-electron chi connectivity index (χ4n) is 7.02. The number of nitrogens with zero attached hydrogens (tertiary/aromatic N) is 2. The van der Waals surface area contributed by atoms with Crippen molar-refractivity contribution in [1.82, 2.24) is 9.80 Å². The maximum Gasteiger partial charge on any atom is 0.250 e. The lowest BCUT2D eigenvalue weighted by molar-refractivity contribution is -0.146. The first-order valence-corrected chi connectivity index (χ1v) is 12.0. The van der Waals surface area contributed by atoms with Gasteiger partial charge in [0, 0.05) is 17.3 Å². The van der Waals surface area contributed by atoms with Gasteiger partial charge < -0.3 is 14.8 Å². The van der Waals surface area contributed by atoms with E-state index in [1.165, 1.54) is 4.90 Å². The SMILES string of the molecule is CCc1cccc2c1NC(=O)[C@]21[C@@H]2C(=O)N(Cc3ccc4c(c3)OCO4)C(=O)[C@@H]2[C@@H]2CCCN21. The second-order valence-electron chi connectivity index (χ2n) is 9.77. The topological polar surface area (TPSA) is 88.2 Å². The van der Waals surface area contributed by atoms with E-state index in [1.54, 1.807) is 6.07 Å². The number of hydrogen-bond donors (Lipinski definition) is 1. The van der Waals surface area contributed by atoms with E-state index in [0.717, 1.165) is 41.6 Å². The van der Waals surface area contributed by atoms with Gasteiger partial charge in [-0.05, 0) is 49.1 Å². The highest BCUT2D eigenvalue weighted by atomic mass is 16.7. The van der Waals surface area contributed by atoms with Gasteiger partial charge in [-0.25, -0.2) is 0 Å². The summed E-state index contributed by atoms with van der Waals surface area (Å²) in [5.41, 5.74) is 2.39. The summed E-state index contributed by atoms with van der Waals surface area (Å²) in [6.45, 7) is 3.09. The Labute approximate surface area is 196 Å². The Morgan fingerprint density at radius 3 is 2.79 bits per heavy atom. The van der Waals surface area contributed by atoms with Crippen LogP contribution in [0.25, 0.3) is 0 Å². The van der Waals surface area contributed by atoms with Crippen LogP contribution in [0.4, 0.5) is 5.69 Å². The number of carbonyl (C=O) groups is 3. The first-order valence-electron chi connectivity index (χ1n) is 12.0. The van der Waals surface area contributed by atoms with E-state index in [9.17, 15) is 14.4 Å². The molecule has 2 aromatic carbocycles. The third-order valence-corrected chi connectivity index (χ3v) is 8.36. The van der Waals surface area contributed by atoms with Crippen molar-refractivity contribution in [2.45, 2.75) is 44.3 Å². The Bertz CT molecular complexity index is 1280. The molecule has 8 nitrogen and oxygen atoms in total. The quantitative estimate of drug-likeness (QED) is 0.710. The van der Waals surface area contributed by atoms with Crippen molar-refractivity contribution in [2.24, 2.45) is 11.8 Å². The van der Waals surface area contributed by atoms with Crippen molar-refractivity contribution in [3.05, 3.63) is 53.1 Å². The minimum absolute atomic E-state index is 0.106. The molecule has 5 aliphatic rings. The van der Waals surface area contributed by atoms with Crippen LogP contribution in [0.3, 0.4) is 0 Å². The molecule has 0 unspecified atom stereocenters. The van der Waals surface area contributed by atoms with E-state index in [4.69, 9.17) is 9.47 Å². The minimum atomic E-state index is -1.12. The molecule has 0 bridgehead atoms. The Hall–Kier alpha value is -3.39. The molecule has 1 spiro atoms. The van der Waals surface area contributed by atoms with E-state index < -0.39 is 17.4 Å². The van der Waals surface area contributed by atoms with Crippen LogP contribution in [0.2, 0.25) is 0 Å². The van der Waals surface area contributed by atoms with Crippen LogP contribution >= 0.6 is 0 Å². The lowest BCUT2D eigenvalue weighted by atomic mass is 9.75. The Morgan fingerprint density at radius 2 is 1.94 bits per heavy atom. The average molecular weight is 460 g/mol. The third kappa shape index (κ3) is 2.29. The van der Waals surface area contributed by atoms with Gasteiger partial charge in [-0.3, -0.25) is 24.2 Å². The molecule has 7 rings (SSSR count). The van der Waals surface area contributed by atoms with Gasteiger partial charge in [0.2, 0.25) is 24.5 Å². The maximum atomic E-state index is 14.0. The number of rotatable bonds is 3. The van der Waals surface area contributed by atoms with Gasteiger partial charge in [-0.1, -0.05) is 31.2 Å². The van der Waals surface area contributed by atoms with Crippen LogP contribution in [0.5, 0.6) is 11.5 Å². The predicted molar refractivity (Wildman–Crippen MR) is 121 cm³/mol. The van der Waals surface area contributed by atoms with Crippen molar-refractivity contribution < 1.29 is 23.9 Å². The van der Waals surface area contributed by atoms with E-state index in [0.29, 0.717) is 18.0 Å². The molecule has 3 amide bonds. The van der Waals surface area contributed by atoms with Gasteiger partial charge in [0.15, 0.2) is 11.5 Å². The second-order valence-corrected chi connectivity index (χ2v) is 9.77. The highest BCUT2D eigenvalue weighted by molar-refractivity contribution is 6.15. The first-order chi connectivity index (χ1) is 16.6. The molecule has 8 heteroatoms. The van der Waals surface area contributed by atoms with Gasteiger partial charge in [-0.2, -0.15) is 0 Å². The summed E-state index contributed by atoms with van der Waals surface area (Å²) in [5, 5.41) is 3.11. The monoisotopic (exact) mass is 459 g/mol. The molecule has 0 aromatic heterocycles. The number of benzene rings is 2. The Morgan fingerprint density at radius 1 is 1.09 bits per heavy atom. The summed E-state index contributed by atoms with van der Waals surface area (Å²) in [5.74, 6) is -0.550. The van der Waals surface area contributed by atoms with Crippen LogP contribution in [-0.2, 0) is 32.9 Å². The fourth-order valence-corrected chi connectivity index (χ4v) is 7.02. The highest BCUT2D eigenvalue weighted by Gasteiger charge is 2.74. The molecule has 0 radical (unpaired) electrons. The second kappa shape index (κ2) is 6.82. The lowest BCUT2D eigenvalue weighted by Crippen LogP contribution is -2.54. The number of para-hydroxylation sites is 1. The summed E-state index contributed by atoms with van der Waals surface area (Å²) < 4.78 is 10.9. The smallest absolute Gasteiger partial charge is 0.250 e. The number of aryl methyl sites for hydroxylation is 1. The standard InChI is InChI=1S/C26H25N3O5/c1-2-15-5-3-6-16-22(15)27-25(32)26(16)21-20(17-7-4-10-29(17)26)23(30)28(24(21)31)12-14-8-9-18-19(11-14)34-13-33-18/h3,5-6,8-9,11,17,20-21H,2,4,7,10,12-13H2,1H3,(H,27,32)/t17-,20+,21-,26+/m0/s1. The fraction of sp³-hybridized carbons (Fsp3) is 0.423. The molecule has 174 valence electrons. The minimum Gasteiger partial charge on any atom is -0.454 e. The number of amides is 3. The van der Waals surface area contributed by atoms with E-state index in [2.05, 4.69) is 17.1 Å². The lowest BCUT2D eigenvalue weighted by Gasteiger charge is -2.36. The van der Waals surface area contributed by atoms with Gasteiger partial charge in [0.05, 0.1) is 18.4 Å². The Balaban J connectivity index is 1.33. The van der Waals surface area contributed by atoms with E-state index in [-0.39, 0.29) is 37.1 Å². The number of imide groups is 1. The first kappa shape index (κ1) is 20.0. The van der Waals surface area contributed by atoms with Crippen LogP contribution < -0.4 is 14.8 Å². The number of carbonyl (C=O) groups excluding carboxylic acids is 3. The van der Waals surface area contributed by atoms with Crippen molar-refractivity contribution in [3.8, 4) is 11.5 Å². The number of ether oxygens (including phenoxy) is 2. The van der Waals surface area contributed by atoms with Gasteiger partial charge in [0.1, 0.15) is 5.54 Å². The summed E-state index contributed by atoms with van der Waals surface area (Å²) >= 11 is 0. The van der Waals surface area contributed by atoms with Crippen LogP contribution in [0.15, 0.2) is 36.4 Å². The molecule has 2 aromatic rings.